The number of nitrogens with two attached hydrogens (primary N) is 1. The largest absolute Gasteiger partial charge is 0.375 e. The lowest BCUT2D eigenvalue weighted by molar-refractivity contribution is -0.00516. The Balaban J connectivity index is 3.06. The first-order valence-corrected chi connectivity index (χ1v) is 8.30. The monoisotopic (exact) mass is 338 g/mol. The summed E-state index contributed by atoms with van der Waals surface area (Å²) in [7, 11) is -4.04. The SMILES string of the molecule is CCOC(C)(C)CNS(=O)(=O)c1cc(Cl)cc(CN)c1F. The maximum atomic E-state index is 14.1. The van der Waals surface area contributed by atoms with E-state index in [0.29, 0.717) is 6.61 Å². The van der Waals surface area contributed by atoms with Crippen molar-refractivity contribution < 1.29 is 17.5 Å². The Morgan fingerprint density at radius 2 is 2.05 bits per heavy atom. The van der Waals surface area contributed by atoms with E-state index >= 15 is 0 Å². The van der Waals surface area contributed by atoms with E-state index in [2.05, 4.69) is 4.72 Å². The molecule has 0 radical (unpaired) electrons. The molecule has 0 bridgehead atoms. The van der Waals surface area contributed by atoms with Gasteiger partial charge in [0.05, 0.1) is 5.60 Å². The number of ether oxygens (including phenoxy) is 1. The van der Waals surface area contributed by atoms with Crippen molar-refractivity contribution in [3.8, 4) is 0 Å². The van der Waals surface area contributed by atoms with Crippen LogP contribution in [-0.2, 0) is 21.3 Å². The molecule has 0 aliphatic heterocycles. The fourth-order valence-corrected chi connectivity index (χ4v) is 3.40. The topological polar surface area (TPSA) is 81.4 Å². The van der Waals surface area contributed by atoms with Crippen LogP contribution in [0.1, 0.15) is 26.3 Å². The molecule has 8 heteroatoms. The molecule has 0 amide bonds. The Labute approximate surface area is 129 Å². The highest BCUT2D eigenvalue weighted by atomic mass is 35.5. The lowest BCUT2D eigenvalue weighted by atomic mass is 10.1. The van der Waals surface area contributed by atoms with E-state index in [4.69, 9.17) is 22.1 Å². The van der Waals surface area contributed by atoms with Crippen LogP contribution in [0.4, 0.5) is 4.39 Å². The number of sulfonamides is 1. The van der Waals surface area contributed by atoms with Crippen LogP contribution in [0, 0.1) is 5.82 Å². The first kappa shape index (κ1) is 18.3. The standard InChI is InChI=1S/C13H20ClFN2O3S/c1-4-20-13(2,3)8-17-21(18,19)11-6-10(14)5-9(7-16)12(11)15/h5-6,17H,4,7-8,16H2,1-3H3. The van der Waals surface area contributed by atoms with Crippen LogP contribution >= 0.6 is 11.6 Å². The second kappa shape index (κ2) is 7.02. The minimum atomic E-state index is -4.04. The summed E-state index contributed by atoms with van der Waals surface area (Å²) < 4.78 is 46.3. The van der Waals surface area contributed by atoms with Gasteiger partial charge in [-0.2, -0.15) is 0 Å². The first-order chi connectivity index (χ1) is 9.63. The molecule has 0 aromatic heterocycles. The maximum absolute atomic E-state index is 14.1. The molecule has 1 aromatic rings. The molecular formula is C13H20ClFN2O3S. The molecule has 0 saturated heterocycles. The van der Waals surface area contributed by atoms with E-state index in [1.165, 1.54) is 6.07 Å². The van der Waals surface area contributed by atoms with Crippen LogP contribution in [0.15, 0.2) is 17.0 Å². The van der Waals surface area contributed by atoms with Crippen molar-refractivity contribution >= 4 is 21.6 Å². The Morgan fingerprint density at radius 1 is 1.43 bits per heavy atom. The lowest BCUT2D eigenvalue weighted by Crippen LogP contribution is -2.40. The van der Waals surface area contributed by atoms with E-state index < -0.39 is 26.3 Å². The van der Waals surface area contributed by atoms with Crippen LogP contribution in [-0.4, -0.2) is 27.2 Å². The molecule has 120 valence electrons. The summed E-state index contributed by atoms with van der Waals surface area (Å²) >= 11 is 5.81. The number of hydrogen-bond donors (Lipinski definition) is 2. The number of rotatable bonds is 7. The van der Waals surface area contributed by atoms with Crippen molar-refractivity contribution in [1.82, 2.24) is 4.72 Å². The molecule has 0 fully saturated rings. The number of benzene rings is 1. The molecule has 0 heterocycles. The summed E-state index contributed by atoms with van der Waals surface area (Å²) in [5.41, 5.74) is 4.73. The molecular weight excluding hydrogens is 319 g/mol. The zero-order valence-corrected chi connectivity index (χ0v) is 13.8. The molecule has 0 aliphatic rings. The highest BCUT2D eigenvalue weighted by Crippen LogP contribution is 2.23. The van der Waals surface area contributed by atoms with Crippen molar-refractivity contribution in [3.05, 3.63) is 28.5 Å². The molecule has 21 heavy (non-hydrogen) atoms. The van der Waals surface area contributed by atoms with Crippen molar-refractivity contribution in [2.45, 2.75) is 37.8 Å². The predicted octanol–water partition coefficient (Wildman–Crippen LogP) is 2.03. The van der Waals surface area contributed by atoms with Crippen molar-refractivity contribution in [2.75, 3.05) is 13.2 Å². The third kappa shape index (κ3) is 4.89. The molecule has 0 aliphatic carbocycles. The fraction of sp³-hybridized carbons (Fsp3) is 0.538. The van der Waals surface area contributed by atoms with Gasteiger partial charge >= 0.3 is 0 Å². The molecule has 0 saturated carbocycles. The van der Waals surface area contributed by atoms with E-state index in [1.807, 2.05) is 0 Å². The van der Waals surface area contributed by atoms with Gasteiger partial charge in [0.2, 0.25) is 10.0 Å². The van der Waals surface area contributed by atoms with Gasteiger partial charge in [-0.25, -0.2) is 17.5 Å². The van der Waals surface area contributed by atoms with Crippen LogP contribution in [0.5, 0.6) is 0 Å². The summed E-state index contributed by atoms with van der Waals surface area (Å²) in [5, 5.41) is 0.112. The highest BCUT2D eigenvalue weighted by molar-refractivity contribution is 7.89. The average Bonchev–Trinajstić information content (AvgIpc) is 2.39. The van der Waals surface area contributed by atoms with Crippen LogP contribution < -0.4 is 10.5 Å². The van der Waals surface area contributed by atoms with Crippen LogP contribution in [0.25, 0.3) is 0 Å². The quantitative estimate of drug-likeness (QED) is 0.797. The van der Waals surface area contributed by atoms with E-state index in [0.717, 1.165) is 6.07 Å². The van der Waals surface area contributed by atoms with Gasteiger partial charge in [-0.1, -0.05) is 11.6 Å². The second-order valence-corrected chi connectivity index (χ2v) is 7.27. The van der Waals surface area contributed by atoms with Gasteiger partial charge in [0.15, 0.2) is 0 Å². The highest BCUT2D eigenvalue weighted by Gasteiger charge is 2.26. The summed E-state index contributed by atoms with van der Waals surface area (Å²) in [6.45, 7) is 5.59. The van der Waals surface area contributed by atoms with Gasteiger partial charge < -0.3 is 10.5 Å². The third-order valence-corrected chi connectivity index (χ3v) is 4.43. The first-order valence-electron chi connectivity index (χ1n) is 6.44. The van der Waals surface area contributed by atoms with Gasteiger partial charge in [0.25, 0.3) is 0 Å². The van der Waals surface area contributed by atoms with Gasteiger partial charge in [0.1, 0.15) is 10.7 Å². The van der Waals surface area contributed by atoms with Crippen molar-refractivity contribution in [3.63, 3.8) is 0 Å². The molecule has 0 spiro atoms. The van der Waals surface area contributed by atoms with Gasteiger partial charge in [-0.15, -0.1) is 0 Å². The lowest BCUT2D eigenvalue weighted by Gasteiger charge is -2.25. The zero-order valence-electron chi connectivity index (χ0n) is 12.2. The normalized spacial score (nSPS) is 12.7. The van der Waals surface area contributed by atoms with E-state index in [-0.39, 0.29) is 23.7 Å². The summed E-state index contributed by atoms with van der Waals surface area (Å²) in [6.07, 6.45) is 0. The number of hydrogen-bond acceptors (Lipinski definition) is 4. The van der Waals surface area contributed by atoms with Gasteiger partial charge in [-0.3, -0.25) is 0 Å². The summed E-state index contributed by atoms with van der Waals surface area (Å²) in [4.78, 5) is -0.511. The zero-order chi connectivity index (χ0) is 16.3. The Hall–Kier alpha value is -0.730. The van der Waals surface area contributed by atoms with Crippen molar-refractivity contribution in [2.24, 2.45) is 5.73 Å². The van der Waals surface area contributed by atoms with Crippen LogP contribution in [0.2, 0.25) is 5.02 Å². The molecule has 3 N–H and O–H groups in total. The maximum Gasteiger partial charge on any atom is 0.243 e. The summed E-state index contributed by atoms with van der Waals surface area (Å²) in [6, 6.07) is 2.37. The summed E-state index contributed by atoms with van der Waals surface area (Å²) in [5.74, 6) is -0.886. The molecule has 5 nitrogen and oxygen atoms in total. The minimum absolute atomic E-state index is 0.00703. The van der Waals surface area contributed by atoms with Gasteiger partial charge in [0, 0.05) is 30.3 Å². The van der Waals surface area contributed by atoms with E-state index in [9.17, 15) is 12.8 Å². The predicted molar refractivity (Wildman–Crippen MR) is 80.2 cm³/mol. The third-order valence-electron chi connectivity index (χ3n) is 2.81. The Kier molecular flexibility index (Phi) is 6.12. The smallest absolute Gasteiger partial charge is 0.243 e. The van der Waals surface area contributed by atoms with E-state index in [1.54, 1.807) is 20.8 Å². The van der Waals surface area contributed by atoms with Crippen molar-refractivity contribution in [1.29, 1.82) is 0 Å². The minimum Gasteiger partial charge on any atom is -0.375 e. The number of halogens is 2. The Bertz CT molecular complexity index is 606. The molecule has 0 atom stereocenters. The second-order valence-electron chi connectivity index (χ2n) is 5.10. The van der Waals surface area contributed by atoms with Crippen LogP contribution in [0.3, 0.4) is 0 Å². The van der Waals surface area contributed by atoms with Gasteiger partial charge in [-0.05, 0) is 32.9 Å². The molecule has 1 rings (SSSR count). The Morgan fingerprint density at radius 3 is 2.57 bits per heavy atom. The number of nitrogens with one attached hydrogen (secondary N) is 1. The average molecular weight is 339 g/mol. The molecule has 0 unspecified atom stereocenters. The molecule has 1 aromatic carbocycles. The fourth-order valence-electron chi connectivity index (χ4n) is 1.75.